The van der Waals surface area contributed by atoms with Crippen LogP contribution in [-0.4, -0.2) is 51.7 Å². The lowest BCUT2D eigenvalue weighted by Crippen LogP contribution is -2.41. The molecule has 0 bridgehead atoms. The Morgan fingerprint density at radius 3 is 2.78 bits per heavy atom. The third kappa shape index (κ3) is 5.16. The number of aliphatic imine (C=N–C) groups is 1. The van der Waals surface area contributed by atoms with E-state index in [1.165, 1.54) is 17.7 Å². The quantitative estimate of drug-likeness (QED) is 0.629. The Kier molecular flexibility index (Phi) is 6.58. The van der Waals surface area contributed by atoms with Crippen LogP contribution >= 0.6 is 0 Å². The van der Waals surface area contributed by atoms with Gasteiger partial charge in [0.05, 0.1) is 7.11 Å². The van der Waals surface area contributed by atoms with Gasteiger partial charge in [-0.05, 0) is 30.0 Å². The molecule has 1 N–H and O–H groups in total. The molecule has 0 aliphatic carbocycles. The van der Waals surface area contributed by atoms with Crippen molar-refractivity contribution < 1.29 is 4.74 Å². The molecule has 3 rings (SSSR count). The highest BCUT2D eigenvalue weighted by Crippen LogP contribution is 2.26. The van der Waals surface area contributed by atoms with Crippen molar-refractivity contribution in [2.24, 2.45) is 10.9 Å². The van der Waals surface area contributed by atoms with Gasteiger partial charge in [-0.3, -0.25) is 4.99 Å². The van der Waals surface area contributed by atoms with Crippen LogP contribution < -0.4 is 15.0 Å². The van der Waals surface area contributed by atoms with E-state index in [0.29, 0.717) is 5.92 Å². The van der Waals surface area contributed by atoms with E-state index in [2.05, 4.69) is 69.6 Å². The third-order valence-electron chi connectivity index (χ3n) is 5.09. The number of nitrogens with zero attached hydrogens (tertiary/aromatic N) is 3. The summed E-state index contributed by atoms with van der Waals surface area (Å²) in [5.74, 6) is 2.47. The van der Waals surface area contributed by atoms with Crippen LogP contribution in [0.1, 0.15) is 12.0 Å². The number of ether oxygens (including phenoxy) is 1. The number of hydrogen-bond acceptors (Lipinski definition) is 3. The number of nitrogens with one attached hydrogen (secondary N) is 1. The second-order valence-corrected chi connectivity index (χ2v) is 7.07. The van der Waals surface area contributed by atoms with Crippen molar-refractivity contribution in [3.63, 3.8) is 0 Å². The number of guanidine groups is 1. The summed E-state index contributed by atoms with van der Waals surface area (Å²) in [5.41, 5.74) is 2.52. The Balaban J connectivity index is 1.50. The molecule has 2 aromatic rings. The van der Waals surface area contributed by atoms with Gasteiger partial charge in [-0.15, -0.1) is 0 Å². The molecule has 1 fully saturated rings. The predicted molar refractivity (Wildman–Crippen MR) is 113 cm³/mol. The number of anilines is 1. The first kappa shape index (κ1) is 19.1. The summed E-state index contributed by atoms with van der Waals surface area (Å²) in [5, 5.41) is 3.55. The van der Waals surface area contributed by atoms with Crippen molar-refractivity contribution in [2.75, 3.05) is 45.7 Å². The first-order valence-electron chi connectivity index (χ1n) is 9.54. The van der Waals surface area contributed by atoms with Gasteiger partial charge in [0, 0.05) is 52.0 Å². The van der Waals surface area contributed by atoms with Gasteiger partial charge >= 0.3 is 0 Å². The maximum Gasteiger partial charge on any atom is 0.193 e. The summed E-state index contributed by atoms with van der Waals surface area (Å²) in [4.78, 5) is 9.05. The normalized spacial score (nSPS) is 17.1. The highest BCUT2D eigenvalue weighted by atomic mass is 16.5. The lowest BCUT2D eigenvalue weighted by molar-refractivity contribution is 0.415. The molecule has 144 valence electrons. The molecule has 1 aliphatic heterocycles. The van der Waals surface area contributed by atoms with E-state index in [1.54, 1.807) is 7.11 Å². The summed E-state index contributed by atoms with van der Waals surface area (Å²) < 4.78 is 5.35. The first-order valence-corrected chi connectivity index (χ1v) is 9.54. The van der Waals surface area contributed by atoms with Gasteiger partial charge in [-0.25, -0.2) is 0 Å². The fourth-order valence-corrected chi connectivity index (χ4v) is 3.59. The molecule has 2 aromatic carbocycles. The molecule has 0 saturated carbocycles. The zero-order valence-electron chi connectivity index (χ0n) is 16.6. The topological polar surface area (TPSA) is 40.1 Å². The molecule has 0 amide bonds. The SMILES string of the molecule is CN=C(NCC1CCN(c2cccc(OC)c2)C1)N(C)Cc1ccccc1. The highest BCUT2D eigenvalue weighted by Gasteiger charge is 2.23. The number of benzene rings is 2. The maximum atomic E-state index is 5.35. The summed E-state index contributed by atoms with van der Waals surface area (Å²) >= 11 is 0. The molecule has 1 heterocycles. The zero-order chi connectivity index (χ0) is 19.1. The Hall–Kier alpha value is -2.69. The van der Waals surface area contributed by atoms with Crippen LogP contribution in [0, 0.1) is 5.92 Å². The maximum absolute atomic E-state index is 5.35. The van der Waals surface area contributed by atoms with Crippen LogP contribution in [0.15, 0.2) is 59.6 Å². The Morgan fingerprint density at radius 1 is 1.22 bits per heavy atom. The molecule has 0 aromatic heterocycles. The van der Waals surface area contributed by atoms with E-state index in [0.717, 1.165) is 37.9 Å². The largest absolute Gasteiger partial charge is 0.497 e. The lowest BCUT2D eigenvalue weighted by Gasteiger charge is -2.24. The van der Waals surface area contributed by atoms with Gasteiger partial charge in [0.1, 0.15) is 5.75 Å². The minimum Gasteiger partial charge on any atom is -0.497 e. The minimum atomic E-state index is 0.609. The van der Waals surface area contributed by atoms with Gasteiger partial charge in [-0.1, -0.05) is 36.4 Å². The number of rotatable bonds is 6. The Bertz CT molecular complexity index is 747. The molecule has 27 heavy (non-hydrogen) atoms. The van der Waals surface area contributed by atoms with Gasteiger partial charge in [0.2, 0.25) is 0 Å². The molecule has 1 unspecified atom stereocenters. The Labute approximate surface area is 162 Å². The average Bonchev–Trinajstić information content (AvgIpc) is 3.18. The van der Waals surface area contributed by atoms with E-state index in [9.17, 15) is 0 Å². The van der Waals surface area contributed by atoms with E-state index in [4.69, 9.17) is 4.74 Å². The first-order chi connectivity index (χ1) is 13.2. The van der Waals surface area contributed by atoms with Crippen LogP contribution in [-0.2, 0) is 6.54 Å². The smallest absolute Gasteiger partial charge is 0.193 e. The number of methoxy groups -OCH3 is 1. The molecule has 5 nitrogen and oxygen atoms in total. The van der Waals surface area contributed by atoms with E-state index in [-0.39, 0.29) is 0 Å². The summed E-state index contributed by atoms with van der Waals surface area (Å²) in [6.07, 6.45) is 1.18. The molecule has 5 heteroatoms. The molecular weight excluding hydrogens is 336 g/mol. The highest BCUT2D eigenvalue weighted by molar-refractivity contribution is 5.79. The fraction of sp³-hybridized carbons (Fsp3) is 0.409. The molecule has 1 atom stereocenters. The van der Waals surface area contributed by atoms with Gasteiger partial charge in [0.15, 0.2) is 5.96 Å². The van der Waals surface area contributed by atoms with Crippen molar-refractivity contribution >= 4 is 11.6 Å². The zero-order valence-corrected chi connectivity index (χ0v) is 16.6. The molecule has 0 spiro atoms. The van der Waals surface area contributed by atoms with Gasteiger partial charge in [-0.2, -0.15) is 0 Å². The minimum absolute atomic E-state index is 0.609. The third-order valence-corrected chi connectivity index (χ3v) is 5.09. The van der Waals surface area contributed by atoms with Crippen LogP contribution in [0.5, 0.6) is 5.75 Å². The second-order valence-electron chi connectivity index (χ2n) is 7.07. The fourth-order valence-electron chi connectivity index (χ4n) is 3.59. The van der Waals surface area contributed by atoms with Crippen LogP contribution in [0.25, 0.3) is 0 Å². The summed E-state index contributed by atoms with van der Waals surface area (Å²) in [6.45, 7) is 3.92. The summed E-state index contributed by atoms with van der Waals surface area (Å²) in [6, 6.07) is 18.8. The van der Waals surface area contributed by atoms with E-state index >= 15 is 0 Å². The van der Waals surface area contributed by atoms with Gasteiger partial charge < -0.3 is 19.9 Å². The van der Waals surface area contributed by atoms with Crippen molar-refractivity contribution in [2.45, 2.75) is 13.0 Å². The van der Waals surface area contributed by atoms with E-state index < -0.39 is 0 Å². The molecule has 1 saturated heterocycles. The number of hydrogen-bond donors (Lipinski definition) is 1. The predicted octanol–water partition coefficient (Wildman–Crippen LogP) is 3.23. The average molecular weight is 367 g/mol. The second kappa shape index (κ2) is 9.31. The van der Waals surface area contributed by atoms with Crippen molar-refractivity contribution in [1.29, 1.82) is 0 Å². The van der Waals surface area contributed by atoms with Crippen LogP contribution in [0.4, 0.5) is 5.69 Å². The van der Waals surface area contributed by atoms with Crippen molar-refractivity contribution in [3.8, 4) is 5.75 Å². The Morgan fingerprint density at radius 2 is 2.04 bits per heavy atom. The standard InChI is InChI=1S/C22H30N4O/c1-23-22(25(2)16-18-8-5-4-6-9-18)24-15-19-12-13-26(17-19)20-10-7-11-21(14-20)27-3/h4-11,14,19H,12-13,15-17H2,1-3H3,(H,23,24). The lowest BCUT2D eigenvalue weighted by atomic mass is 10.1. The molecule has 0 radical (unpaired) electrons. The van der Waals surface area contributed by atoms with E-state index in [1.807, 2.05) is 19.2 Å². The van der Waals surface area contributed by atoms with Crippen LogP contribution in [0.2, 0.25) is 0 Å². The van der Waals surface area contributed by atoms with Crippen LogP contribution in [0.3, 0.4) is 0 Å². The molecular formula is C22H30N4O. The molecule has 1 aliphatic rings. The van der Waals surface area contributed by atoms with Gasteiger partial charge in [0.25, 0.3) is 0 Å². The summed E-state index contributed by atoms with van der Waals surface area (Å²) in [7, 11) is 5.65. The van der Waals surface area contributed by atoms with Crippen molar-refractivity contribution in [1.82, 2.24) is 10.2 Å². The monoisotopic (exact) mass is 366 g/mol. The van der Waals surface area contributed by atoms with Crippen molar-refractivity contribution in [3.05, 3.63) is 60.2 Å².